The van der Waals surface area contributed by atoms with E-state index in [1.807, 2.05) is 12.3 Å². The molecule has 2 aromatic rings. The molecular weight excluding hydrogens is 414 g/mol. The van der Waals surface area contributed by atoms with Crippen molar-refractivity contribution in [3.8, 4) is 6.07 Å². The van der Waals surface area contributed by atoms with Crippen LogP contribution in [0, 0.1) is 17.2 Å². The van der Waals surface area contributed by atoms with Crippen molar-refractivity contribution in [3.05, 3.63) is 53.7 Å². The highest BCUT2D eigenvalue weighted by Crippen LogP contribution is 2.22. The first kappa shape index (κ1) is 22.3. The molecule has 1 aliphatic heterocycles. The summed E-state index contributed by atoms with van der Waals surface area (Å²) in [6.45, 7) is 1.53. The fourth-order valence-electron chi connectivity index (χ4n) is 3.41. The number of carbonyl (C=O) groups is 3. The molecule has 0 spiro atoms. The Morgan fingerprint density at radius 1 is 1.16 bits per heavy atom. The van der Waals surface area contributed by atoms with Gasteiger partial charge in [-0.3, -0.25) is 14.4 Å². The average molecular weight is 438 g/mol. The van der Waals surface area contributed by atoms with Crippen LogP contribution in [0.3, 0.4) is 0 Å². The second kappa shape index (κ2) is 10.6. The minimum atomic E-state index is -0.809. The van der Waals surface area contributed by atoms with Crippen molar-refractivity contribution in [2.45, 2.75) is 17.9 Å². The number of nitrogens with one attached hydrogen (secondary N) is 2. The van der Waals surface area contributed by atoms with E-state index in [4.69, 9.17) is 5.26 Å². The van der Waals surface area contributed by atoms with Gasteiger partial charge in [-0.15, -0.1) is 11.8 Å². The van der Waals surface area contributed by atoms with E-state index >= 15 is 0 Å². The number of benzene rings is 1. The predicted octanol–water partition coefficient (Wildman–Crippen LogP) is 2.28. The molecule has 1 aromatic heterocycles. The van der Waals surface area contributed by atoms with Gasteiger partial charge in [-0.1, -0.05) is 12.1 Å². The summed E-state index contributed by atoms with van der Waals surface area (Å²) in [6, 6.07) is 12.0. The van der Waals surface area contributed by atoms with Crippen molar-refractivity contribution in [1.82, 2.24) is 15.2 Å². The van der Waals surface area contributed by atoms with Gasteiger partial charge >= 0.3 is 11.8 Å². The van der Waals surface area contributed by atoms with E-state index in [0.717, 1.165) is 12.8 Å². The van der Waals surface area contributed by atoms with Gasteiger partial charge in [-0.05, 0) is 49.3 Å². The molecule has 1 saturated heterocycles. The van der Waals surface area contributed by atoms with Crippen LogP contribution < -0.4 is 10.6 Å². The van der Waals surface area contributed by atoms with Crippen LogP contribution in [0.15, 0.2) is 47.6 Å². The highest BCUT2D eigenvalue weighted by molar-refractivity contribution is 7.98. The molecule has 8 nitrogen and oxygen atoms in total. The van der Waals surface area contributed by atoms with Gasteiger partial charge < -0.3 is 15.5 Å². The zero-order valence-electron chi connectivity index (χ0n) is 17.1. The third-order valence-electron chi connectivity index (χ3n) is 5.15. The SMILES string of the molecule is CSc1ncccc1C(=O)N1CCC(CNC(=O)C(=O)Nc2ccccc2C#N)CC1. The molecule has 0 atom stereocenters. The molecule has 2 N–H and O–H groups in total. The van der Waals surface area contributed by atoms with Crippen LogP contribution in [0.25, 0.3) is 0 Å². The predicted molar refractivity (Wildman–Crippen MR) is 117 cm³/mol. The van der Waals surface area contributed by atoms with Gasteiger partial charge in [-0.2, -0.15) is 5.26 Å². The van der Waals surface area contributed by atoms with Gasteiger partial charge in [0.15, 0.2) is 0 Å². The van der Waals surface area contributed by atoms with Crippen molar-refractivity contribution < 1.29 is 14.4 Å². The summed E-state index contributed by atoms with van der Waals surface area (Å²) in [5.41, 5.74) is 1.20. The van der Waals surface area contributed by atoms with Gasteiger partial charge in [0, 0.05) is 25.8 Å². The summed E-state index contributed by atoms with van der Waals surface area (Å²) in [5.74, 6) is -1.40. The number of thioether (sulfide) groups is 1. The molecule has 1 fully saturated rings. The second-order valence-electron chi connectivity index (χ2n) is 7.12. The van der Waals surface area contributed by atoms with Crippen molar-refractivity contribution in [2.24, 2.45) is 5.92 Å². The van der Waals surface area contributed by atoms with E-state index in [-0.39, 0.29) is 11.8 Å². The molecule has 9 heteroatoms. The molecule has 0 bridgehead atoms. The molecular formula is C22H23N5O3S. The van der Waals surface area contributed by atoms with E-state index in [0.29, 0.717) is 41.5 Å². The number of nitrogens with zero attached hydrogens (tertiary/aromatic N) is 3. The van der Waals surface area contributed by atoms with Gasteiger partial charge in [0.05, 0.1) is 16.8 Å². The van der Waals surface area contributed by atoms with Gasteiger partial charge in [0.25, 0.3) is 5.91 Å². The lowest BCUT2D eigenvalue weighted by Gasteiger charge is -2.32. The van der Waals surface area contributed by atoms with Crippen LogP contribution in [0.4, 0.5) is 5.69 Å². The normalized spacial score (nSPS) is 13.9. The first-order valence-corrected chi connectivity index (χ1v) is 11.1. The number of carbonyl (C=O) groups excluding carboxylic acids is 3. The number of para-hydroxylation sites is 1. The number of aromatic nitrogens is 1. The van der Waals surface area contributed by atoms with Gasteiger partial charge in [-0.25, -0.2) is 4.98 Å². The minimum absolute atomic E-state index is 0.0320. The number of anilines is 1. The van der Waals surface area contributed by atoms with E-state index in [2.05, 4.69) is 15.6 Å². The lowest BCUT2D eigenvalue weighted by Crippen LogP contribution is -2.43. The maximum Gasteiger partial charge on any atom is 0.313 e. The van der Waals surface area contributed by atoms with Crippen molar-refractivity contribution in [2.75, 3.05) is 31.2 Å². The van der Waals surface area contributed by atoms with Gasteiger partial charge in [0.2, 0.25) is 0 Å². The Morgan fingerprint density at radius 3 is 2.61 bits per heavy atom. The smallest absolute Gasteiger partial charge is 0.313 e. The lowest BCUT2D eigenvalue weighted by atomic mass is 9.96. The molecule has 2 heterocycles. The Hall–Kier alpha value is -3.38. The molecule has 0 unspecified atom stereocenters. The van der Waals surface area contributed by atoms with Crippen LogP contribution in [0.5, 0.6) is 0 Å². The number of rotatable bonds is 5. The summed E-state index contributed by atoms with van der Waals surface area (Å²) >= 11 is 1.44. The minimum Gasteiger partial charge on any atom is -0.348 e. The van der Waals surface area contributed by atoms with Crippen LogP contribution in [0.2, 0.25) is 0 Å². The van der Waals surface area contributed by atoms with Crippen LogP contribution in [-0.4, -0.2) is 53.5 Å². The molecule has 1 aromatic carbocycles. The fourth-order valence-corrected chi connectivity index (χ4v) is 3.95. The Labute approximate surface area is 185 Å². The highest BCUT2D eigenvalue weighted by atomic mass is 32.2. The Morgan fingerprint density at radius 2 is 1.90 bits per heavy atom. The number of nitriles is 1. The van der Waals surface area contributed by atoms with E-state index in [1.165, 1.54) is 11.8 Å². The Kier molecular flexibility index (Phi) is 7.62. The number of pyridine rings is 1. The first-order valence-electron chi connectivity index (χ1n) is 9.90. The zero-order valence-corrected chi connectivity index (χ0v) is 17.9. The first-order chi connectivity index (χ1) is 15.0. The fraction of sp³-hybridized carbons (Fsp3) is 0.318. The van der Waals surface area contributed by atoms with Crippen LogP contribution in [0.1, 0.15) is 28.8 Å². The Bertz CT molecular complexity index is 1010. The maximum atomic E-state index is 12.8. The van der Waals surface area contributed by atoms with Crippen molar-refractivity contribution in [3.63, 3.8) is 0 Å². The lowest BCUT2D eigenvalue weighted by molar-refractivity contribution is -0.136. The molecule has 160 valence electrons. The molecule has 0 radical (unpaired) electrons. The second-order valence-corrected chi connectivity index (χ2v) is 7.91. The van der Waals surface area contributed by atoms with E-state index < -0.39 is 11.8 Å². The van der Waals surface area contributed by atoms with E-state index in [9.17, 15) is 14.4 Å². The zero-order chi connectivity index (χ0) is 22.2. The largest absolute Gasteiger partial charge is 0.348 e. The van der Waals surface area contributed by atoms with E-state index in [1.54, 1.807) is 47.5 Å². The quantitative estimate of drug-likeness (QED) is 0.548. The number of amides is 3. The summed E-state index contributed by atoms with van der Waals surface area (Å²) in [6.07, 6.45) is 5.04. The molecule has 0 aliphatic carbocycles. The summed E-state index contributed by atoms with van der Waals surface area (Å²) in [5, 5.41) is 14.9. The van der Waals surface area contributed by atoms with Crippen molar-refractivity contribution in [1.29, 1.82) is 5.26 Å². The molecule has 31 heavy (non-hydrogen) atoms. The third kappa shape index (κ3) is 5.61. The summed E-state index contributed by atoms with van der Waals surface area (Å²) < 4.78 is 0. The number of likely N-dealkylation sites (tertiary alicyclic amines) is 1. The average Bonchev–Trinajstić information content (AvgIpc) is 2.82. The maximum absolute atomic E-state index is 12.8. The van der Waals surface area contributed by atoms with Crippen LogP contribution >= 0.6 is 11.8 Å². The van der Waals surface area contributed by atoms with Crippen LogP contribution in [-0.2, 0) is 9.59 Å². The molecule has 1 aliphatic rings. The molecule has 0 saturated carbocycles. The Balaban J connectivity index is 1.47. The number of hydrogen-bond acceptors (Lipinski definition) is 6. The number of piperidine rings is 1. The summed E-state index contributed by atoms with van der Waals surface area (Å²) in [4.78, 5) is 43.1. The third-order valence-corrected chi connectivity index (χ3v) is 5.86. The highest BCUT2D eigenvalue weighted by Gasteiger charge is 2.26. The molecule has 3 amide bonds. The van der Waals surface area contributed by atoms with Crippen molar-refractivity contribution >= 4 is 35.2 Å². The number of hydrogen-bond donors (Lipinski definition) is 2. The monoisotopic (exact) mass is 437 g/mol. The molecule has 3 rings (SSSR count). The topological polar surface area (TPSA) is 115 Å². The van der Waals surface area contributed by atoms with Gasteiger partial charge in [0.1, 0.15) is 11.1 Å². The summed E-state index contributed by atoms with van der Waals surface area (Å²) in [7, 11) is 0. The standard InChI is InChI=1S/C22H23N5O3S/c1-31-21-17(6-4-10-24-21)22(30)27-11-8-15(9-12-27)14-25-19(28)20(29)26-18-7-3-2-5-16(18)13-23/h2-7,10,15H,8-9,11-12,14H2,1H3,(H,25,28)(H,26,29).